The second-order valence-electron chi connectivity index (χ2n) is 4.73. The zero-order valence-electron chi connectivity index (χ0n) is 11.9. The molecule has 3 heteroatoms. The maximum Gasteiger partial charge on any atom is 0.246 e. The molecule has 0 aliphatic rings. The number of carbonyl (C=O) groups excluding carboxylic acids is 2. The molecule has 0 N–H and O–H groups in total. The first kappa shape index (κ1) is 14.7. The lowest BCUT2D eigenvalue weighted by Gasteiger charge is -2.14. The van der Waals surface area contributed by atoms with E-state index in [1.54, 1.807) is 25.3 Å². The zero-order valence-corrected chi connectivity index (χ0v) is 11.9. The van der Waals surface area contributed by atoms with Gasteiger partial charge in [0.05, 0.1) is 6.54 Å². The van der Waals surface area contributed by atoms with E-state index in [9.17, 15) is 9.59 Å². The van der Waals surface area contributed by atoms with Crippen LogP contribution in [-0.4, -0.2) is 30.2 Å². The van der Waals surface area contributed by atoms with Gasteiger partial charge in [0.2, 0.25) is 5.91 Å². The van der Waals surface area contributed by atoms with E-state index in [1.807, 2.05) is 48.5 Å². The van der Waals surface area contributed by atoms with Crippen LogP contribution in [0.2, 0.25) is 0 Å². The minimum atomic E-state index is -0.192. The summed E-state index contributed by atoms with van der Waals surface area (Å²) < 4.78 is 0. The monoisotopic (exact) mass is 279 g/mol. The third-order valence-electron chi connectivity index (χ3n) is 3.07. The van der Waals surface area contributed by atoms with Gasteiger partial charge in [-0.25, -0.2) is 0 Å². The standard InChI is InChI=1S/C18H17NO2/c1-19(14-17(20)16-10-6-3-7-11-16)18(21)13-12-15-8-4-2-5-9-15/h2-13H,14H2,1H3/b13-12+. The van der Waals surface area contributed by atoms with Crippen LogP contribution < -0.4 is 0 Å². The molecule has 21 heavy (non-hydrogen) atoms. The van der Waals surface area contributed by atoms with Gasteiger partial charge in [0.1, 0.15) is 0 Å². The number of hydrogen-bond donors (Lipinski definition) is 0. The molecule has 0 unspecified atom stereocenters. The molecular weight excluding hydrogens is 262 g/mol. The Morgan fingerprint density at radius 1 is 0.952 bits per heavy atom. The fraction of sp³-hybridized carbons (Fsp3) is 0.111. The van der Waals surface area contributed by atoms with E-state index in [2.05, 4.69) is 0 Å². The SMILES string of the molecule is CN(CC(=O)c1ccccc1)C(=O)/C=C/c1ccccc1. The van der Waals surface area contributed by atoms with Gasteiger partial charge in [0, 0.05) is 18.7 Å². The van der Waals surface area contributed by atoms with E-state index >= 15 is 0 Å². The van der Waals surface area contributed by atoms with Crippen molar-refractivity contribution in [2.75, 3.05) is 13.6 Å². The molecule has 0 aliphatic carbocycles. The first-order valence-electron chi connectivity index (χ1n) is 6.73. The number of amides is 1. The van der Waals surface area contributed by atoms with Gasteiger partial charge in [-0.3, -0.25) is 9.59 Å². The summed E-state index contributed by atoms with van der Waals surface area (Å²) >= 11 is 0. The molecule has 0 radical (unpaired) electrons. The fourth-order valence-corrected chi connectivity index (χ4v) is 1.87. The lowest BCUT2D eigenvalue weighted by Crippen LogP contribution is -2.30. The van der Waals surface area contributed by atoms with Crippen molar-refractivity contribution in [2.24, 2.45) is 0 Å². The average Bonchev–Trinajstić information content (AvgIpc) is 2.54. The molecule has 0 aliphatic heterocycles. The lowest BCUT2D eigenvalue weighted by molar-refractivity contribution is -0.124. The summed E-state index contributed by atoms with van der Waals surface area (Å²) in [6.45, 7) is 0.0714. The fourth-order valence-electron chi connectivity index (χ4n) is 1.87. The van der Waals surface area contributed by atoms with Gasteiger partial charge in [0.15, 0.2) is 5.78 Å². The molecule has 0 fully saturated rings. The van der Waals surface area contributed by atoms with Crippen LogP contribution in [0, 0.1) is 0 Å². The average molecular weight is 279 g/mol. The lowest BCUT2D eigenvalue weighted by atomic mass is 10.1. The highest BCUT2D eigenvalue weighted by atomic mass is 16.2. The number of carbonyl (C=O) groups is 2. The van der Waals surface area contributed by atoms with Crippen molar-refractivity contribution in [1.82, 2.24) is 4.90 Å². The van der Waals surface area contributed by atoms with Crippen LogP contribution >= 0.6 is 0 Å². The van der Waals surface area contributed by atoms with E-state index in [1.165, 1.54) is 11.0 Å². The summed E-state index contributed by atoms with van der Waals surface area (Å²) in [7, 11) is 1.62. The molecule has 0 heterocycles. The Balaban J connectivity index is 1.94. The summed E-state index contributed by atoms with van der Waals surface area (Å²) in [5.41, 5.74) is 1.57. The van der Waals surface area contributed by atoms with E-state index in [0.717, 1.165) is 5.56 Å². The van der Waals surface area contributed by atoms with Crippen LogP contribution in [0.3, 0.4) is 0 Å². The molecule has 2 rings (SSSR count). The number of benzene rings is 2. The van der Waals surface area contributed by atoms with E-state index in [0.29, 0.717) is 5.56 Å². The van der Waals surface area contributed by atoms with Gasteiger partial charge in [-0.05, 0) is 11.6 Å². The van der Waals surface area contributed by atoms with Crippen LogP contribution in [0.4, 0.5) is 0 Å². The van der Waals surface area contributed by atoms with Gasteiger partial charge in [-0.1, -0.05) is 60.7 Å². The molecule has 106 valence electrons. The first-order valence-corrected chi connectivity index (χ1v) is 6.73. The van der Waals surface area contributed by atoms with Crippen molar-refractivity contribution in [2.45, 2.75) is 0 Å². The molecule has 2 aromatic carbocycles. The van der Waals surface area contributed by atoms with Crippen LogP contribution in [0.1, 0.15) is 15.9 Å². The minimum Gasteiger partial charge on any atom is -0.335 e. The van der Waals surface area contributed by atoms with Gasteiger partial charge in [-0.2, -0.15) is 0 Å². The third kappa shape index (κ3) is 4.42. The van der Waals surface area contributed by atoms with Crippen LogP contribution in [0.25, 0.3) is 6.08 Å². The first-order chi connectivity index (χ1) is 10.2. The second-order valence-corrected chi connectivity index (χ2v) is 4.73. The largest absolute Gasteiger partial charge is 0.335 e. The van der Waals surface area contributed by atoms with Crippen LogP contribution in [0.15, 0.2) is 66.7 Å². The molecule has 2 aromatic rings. The predicted molar refractivity (Wildman–Crippen MR) is 83.9 cm³/mol. The Labute approximate surface area is 124 Å². The molecule has 0 aromatic heterocycles. The second kappa shape index (κ2) is 7.20. The van der Waals surface area contributed by atoms with Crippen molar-refractivity contribution >= 4 is 17.8 Å². The molecule has 0 saturated heterocycles. The maximum absolute atomic E-state index is 12.0. The molecule has 1 amide bonds. The number of Topliss-reactive ketones (excluding diaryl/α,β-unsaturated/α-hetero) is 1. The smallest absolute Gasteiger partial charge is 0.246 e. The summed E-state index contributed by atoms with van der Waals surface area (Å²) in [5.74, 6) is -0.261. The van der Waals surface area contributed by atoms with Gasteiger partial charge in [0.25, 0.3) is 0 Å². The van der Waals surface area contributed by atoms with E-state index in [4.69, 9.17) is 0 Å². The van der Waals surface area contributed by atoms with Gasteiger partial charge < -0.3 is 4.90 Å². The highest BCUT2D eigenvalue weighted by molar-refractivity contribution is 6.01. The van der Waals surface area contributed by atoms with Gasteiger partial charge in [-0.15, -0.1) is 0 Å². The van der Waals surface area contributed by atoms with E-state index in [-0.39, 0.29) is 18.2 Å². The quantitative estimate of drug-likeness (QED) is 0.623. The summed E-state index contributed by atoms with van der Waals surface area (Å²) in [6.07, 6.45) is 3.22. The summed E-state index contributed by atoms with van der Waals surface area (Å²) in [4.78, 5) is 25.4. The number of likely N-dealkylation sites (N-methyl/N-ethyl adjacent to an activating group) is 1. The Kier molecular flexibility index (Phi) is 5.04. The van der Waals surface area contributed by atoms with Crippen LogP contribution in [-0.2, 0) is 4.79 Å². The molecule has 0 bridgehead atoms. The predicted octanol–water partition coefficient (Wildman–Crippen LogP) is 3.04. The van der Waals surface area contributed by atoms with Crippen molar-refractivity contribution < 1.29 is 9.59 Å². The molecular formula is C18H17NO2. The molecule has 3 nitrogen and oxygen atoms in total. The maximum atomic E-state index is 12.0. The van der Waals surface area contributed by atoms with Crippen LogP contribution in [0.5, 0.6) is 0 Å². The Morgan fingerprint density at radius 3 is 2.14 bits per heavy atom. The Morgan fingerprint density at radius 2 is 1.52 bits per heavy atom. The highest BCUT2D eigenvalue weighted by Crippen LogP contribution is 2.04. The summed E-state index contributed by atoms with van der Waals surface area (Å²) in [5, 5.41) is 0. The third-order valence-corrected chi connectivity index (χ3v) is 3.07. The molecule has 0 saturated carbocycles. The normalized spacial score (nSPS) is 10.5. The van der Waals surface area contributed by atoms with E-state index < -0.39 is 0 Å². The zero-order chi connectivity index (χ0) is 15.1. The van der Waals surface area contributed by atoms with Gasteiger partial charge >= 0.3 is 0 Å². The Hall–Kier alpha value is -2.68. The highest BCUT2D eigenvalue weighted by Gasteiger charge is 2.11. The number of hydrogen-bond acceptors (Lipinski definition) is 2. The minimum absolute atomic E-state index is 0.0699. The van der Waals surface area contributed by atoms with Crippen molar-refractivity contribution in [3.05, 3.63) is 77.9 Å². The summed E-state index contributed by atoms with van der Waals surface area (Å²) in [6, 6.07) is 18.5. The van der Waals surface area contributed by atoms with Crippen molar-refractivity contribution in [3.8, 4) is 0 Å². The number of nitrogens with zero attached hydrogens (tertiary/aromatic N) is 1. The molecule has 0 atom stereocenters. The Bertz CT molecular complexity index is 633. The van der Waals surface area contributed by atoms with Crippen molar-refractivity contribution in [3.63, 3.8) is 0 Å². The number of rotatable bonds is 5. The molecule has 0 spiro atoms. The number of ketones is 1. The topological polar surface area (TPSA) is 37.4 Å². The van der Waals surface area contributed by atoms with Crippen molar-refractivity contribution in [1.29, 1.82) is 0 Å².